The smallest absolute Gasteiger partial charge is 0.877 e. The fourth-order valence-electron chi connectivity index (χ4n) is 1.65. The van der Waals surface area contributed by atoms with E-state index in [1.165, 1.54) is 12.0 Å². The third-order valence-corrected chi connectivity index (χ3v) is 2.58. The van der Waals surface area contributed by atoms with Crippen molar-refractivity contribution in [2.24, 2.45) is 0 Å². The minimum absolute atomic E-state index is 0. The maximum atomic E-state index is 11.7. The van der Waals surface area contributed by atoms with E-state index in [-0.39, 0.29) is 63.5 Å². The zero-order chi connectivity index (χ0) is 12.4. The summed E-state index contributed by atoms with van der Waals surface area (Å²) in [6.07, 6.45) is 0.314. The molecule has 0 N–H and O–H groups in total. The summed E-state index contributed by atoms with van der Waals surface area (Å²) in [7, 11) is 1.54. The van der Waals surface area contributed by atoms with Gasteiger partial charge in [0.1, 0.15) is 5.75 Å². The quantitative estimate of drug-likeness (QED) is 0.247. The summed E-state index contributed by atoms with van der Waals surface area (Å²) in [5.41, 5.74) is 0.279. The van der Waals surface area contributed by atoms with Gasteiger partial charge in [-0.15, -0.1) is 6.26 Å². The van der Waals surface area contributed by atoms with E-state index in [0.717, 1.165) is 0 Å². The SMILES string of the molecule is COc1ccc(N2CC(=O)/C(=C\[O-])C2=O)cc1.[K+]. The number of Topliss-reactive ketones (excluding diaryl/α,β-unsaturated/α-hetero) is 1. The van der Waals surface area contributed by atoms with Crippen molar-refractivity contribution < 1.29 is 70.8 Å². The van der Waals surface area contributed by atoms with Crippen molar-refractivity contribution in [3.05, 3.63) is 36.1 Å². The minimum atomic E-state index is -0.546. The van der Waals surface area contributed by atoms with Gasteiger partial charge in [-0.25, -0.2) is 0 Å². The van der Waals surface area contributed by atoms with Crippen molar-refractivity contribution in [1.29, 1.82) is 0 Å². The Labute approximate surface area is 147 Å². The van der Waals surface area contributed by atoms with Crippen LogP contribution in [0, 0.1) is 0 Å². The maximum Gasteiger partial charge on any atom is 1.00 e. The van der Waals surface area contributed by atoms with Crippen LogP contribution in [0.5, 0.6) is 5.75 Å². The molecule has 5 nitrogen and oxygen atoms in total. The molecule has 0 aromatic heterocycles. The third kappa shape index (κ3) is 2.84. The second-order valence-electron chi connectivity index (χ2n) is 3.54. The standard InChI is InChI=1S/C12H11NO4.K/c1-17-9-4-2-8(3-5-9)13-6-11(15)10(7-14)12(13)16;/h2-5,7,14H,6H2,1H3;/q;+1/p-1/b10-7+;. The van der Waals surface area contributed by atoms with Crippen LogP contribution in [0.4, 0.5) is 5.69 Å². The van der Waals surface area contributed by atoms with Gasteiger partial charge in [-0.05, 0) is 24.3 Å². The number of benzene rings is 1. The molecule has 1 amide bonds. The van der Waals surface area contributed by atoms with Gasteiger partial charge in [-0.2, -0.15) is 0 Å². The Kier molecular flexibility index (Phi) is 5.55. The maximum absolute atomic E-state index is 11.7. The number of rotatable bonds is 2. The Hall–Kier alpha value is -0.664. The average Bonchev–Trinajstić information content (AvgIpc) is 2.64. The van der Waals surface area contributed by atoms with Crippen molar-refractivity contribution in [3.8, 4) is 5.75 Å². The number of anilines is 1. The van der Waals surface area contributed by atoms with Gasteiger partial charge in [0.15, 0.2) is 5.78 Å². The number of nitrogens with zero attached hydrogens (tertiary/aromatic N) is 1. The fourth-order valence-corrected chi connectivity index (χ4v) is 1.65. The number of amides is 1. The van der Waals surface area contributed by atoms with E-state index in [2.05, 4.69) is 0 Å². The summed E-state index contributed by atoms with van der Waals surface area (Å²) in [4.78, 5) is 24.3. The third-order valence-electron chi connectivity index (χ3n) is 2.58. The summed E-state index contributed by atoms with van der Waals surface area (Å²) < 4.78 is 4.99. The van der Waals surface area contributed by atoms with Gasteiger partial charge in [0, 0.05) is 5.69 Å². The van der Waals surface area contributed by atoms with E-state index in [0.29, 0.717) is 17.7 Å². The number of ether oxygens (including phenoxy) is 1. The normalized spacial score (nSPS) is 16.9. The van der Waals surface area contributed by atoms with Gasteiger partial charge in [-0.1, -0.05) is 0 Å². The first-order valence-electron chi connectivity index (χ1n) is 4.98. The monoisotopic (exact) mass is 271 g/mol. The van der Waals surface area contributed by atoms with E-state index in [4.69, 9.17) is 4.74 Å². The number of hydrogen-bond donors (Lipinski definition) is 0. The summed E-state index contributed by atoms with van der Waals surface area (Å²) in [6, 6.07) is 6.70. The molecule has 0 radical (unpaired) electrons. The van der Waals surface area contributed by atoms with Gasteiger partial charge in [0.05, 0.1) is 19.2 Å². The van der Waals surface area contributed by atoms with Crippen molar-refractivity contribution >= 4 is 17.4 Å². The van der Waals surface area contributed by atoms with Gasteiger partial charge >= 0.3 is 51.4 Å². The number of carbonyl (C=O) groups excluding carboxylic acids is 2. The molecule has 1 saturated heterocycles. The first-order chi connectivity index (χ1) is 8.17. The van der Waals surface area contributed by atoms with Crippen LogP contribution in [0.1, 0.15) is 0 Å². The zero-order valence-electron chi connectivity index (χ0n) is 10.2. The Balaban J connectivity index is 0.00000162. The molecule has 0 atom stereocenters. The Morgan fingerprint density at radius 1 is 1.28 bits per heavy atom. The van der Waals surface area contributed by atoms with Crippen molar-refractivity contribution in [3.63, 3.8) is 0 Å². The van der Waals surface area contributed by atoms with E-state index < -0.39 is 11.7 Å². The summed E-state index contributed by atoms with van der Waals surface area (Å²) >= 11 is 0. The summed E-state index contributed by atoms with van der Waals surface area (Å²) in [5.74, 6) is -0.331. The zero-order valence-corrected chi connectivity index (χ0v) is 13.3. The molecule has 0 spiro atoms. The summed E-state index contributed by atoms with van der Waals surface area (Å²) in [6.45, 7) is -0.0841. The molecule has 1 fully saturated rings. The van der Waals surface area contributed by atoms with E-state index in [1.54, 1.807) is 24.3 Å². The first-order valence-corrected chi connectivity index (χ1v) is 4.98. The van der Waals surface area contributed by atoms with Crippen LogP contribution in [0.2, 0.25) is 0 Å². The number of ketones is 1. The molecule has 6 heteroatoms. The fraction of sp³-hybridized carbons (Fsp3) is 0.167. The Bertz CT molecular complexity index is 495. The van der Waals surface area contributed by atoms with Gasteiger partial charge in [0.25, 0.3) is 5.91 Å². The predicted octanol–water partition coefficient (Wildman–Crippen LogP) is -3.14. The molecule has 1 aliphatic rings. The molecular formula is C12H10KNO4. The molecule has 0 bridgehead atoms. The van der Waals surface area contributed by atoms with Crippen LogP contribution in [-0.2, 0) is 9.59 Å². The molecule has 1 heterocycles. The number of methoxy groups -OCH3 is 1. The Morgan fingerprint density at radius 2 is 1.89 bits per heavy atom. The number of hydrogen-bond acceptors (Lipinski definition) is 4. The minimum Gasteiger partial charge on any atom is -0.877 e. The van der Waals surface area contributed by atoms with Crippen LogP contribution < -0.4 is 66.1 Å². The van der Waals surface area contributed by atoms with E-state index in [1.807, 2.05) is 0 Å². The van der Waals surface area contributed by atoms with Crippen LogP contribution in [-0.4, -0.2) is 25.3 Å². The van der Waals surface area contributed by atoms with Crippen LogP contribution >= 0.6 is 0 Å². The molecule has 0 aliphatic carbocycles. The van der Waals surface area contributed by atoms with Crippen molar-refractivity contribution in [2.75, 3.05) is 18.6 Å². The molecule has 1 aliphatic heterocycles. The van der Waals surface area contributed by atoms with Crippen LogP contribution in [0.3, 0.4) is 0 Å². The van der Waals surface area contributed by atoms with Crippen LogP contribution in [0.15, 0.2) is 36.1 Å². The molecular weight excluding hydrogens is 261 g/mol. The topological polar surface area (TPSA) is 69.7 Å². The molecule has 2 rings (SSSR count). The van der Waals surface area contributed by atoms with E-state index in [9.17, 15) is 14.7 Å². The van der Waals surface area contributed by atoms with Crippen LogP contribution in [0.25, 0.3) is 0 Å². The summed E-state index contributed by atoms with van der Waals surface area (Å²) in [5, 5.41) is 10.6. The van der Waals surface area contributed by atoms with Crippen molar-refractivity contribution in [1.82, 2.24) is 0 Å². The molecule has 0 unspecified atom stereocenters. The molecule has 1 aromatic carbocycles. The largest absolute Gasteiger partial charge is 1.00 e. The van der Waals surface area contributed by atoms with E-state index >= 15 is 0 Å². The molecule has 18 heavy (non-hydrogen) atoms. The number of carbonyl (C=O) groups is 2. The second kappa shape index (κ2) is 6.49. The second-order valence-corrected chi connectivity index (χ2v) is 3.54. The predicted molar refractivity (Wildman–Crippen MR) is 58.4 cm³/mol. The van der Waals surface area contributed by atoms with Gasteiger partial charge in [-0.3, -0.25) is 9.59 Å². The average molecular weight is 271 g/mol. The Morgan fingerprint density at radius 3 is 2.33 bits per heavy atom. The molecule has 1 aromatic rings. The van der Waals surface area contributed by atoms with Gasteiger partial charge in [0.2, 0.25) is 0 Å². The van der Waals surface area contributed by atoms with Gasteiger partial charge < -0.3 is 14.7 Å². The molecule has 0 saturated carbocycles. The molecule has 88 valence electrons. The first kappa shape index (κ1) is 15.4. The van der Waals surface area contributed by atoms with Crippen molar-refractivity contribution in [2.45, 2.75) is 0 Å².